The second-order valence-corrected chi connectivity index (χ2v) is 3.44. The van der Waals surface area contributed by atoms with Crippen molar-refractivity contribution in [2.45, 2.75) is 26.0 Å². The zero-order chi connectivity index (χ0) is 13.0. The Labute approximate surface area is 98.5 Å². The highest BCUT2D eigenvalue weighted by Gasteiger charge is 2.30. The zero-order valence-electron chi connectivity index (χ0n) is 9.52. The molecule has 2 unspecified atom stereocenters. The number of esters is 1. The average Bonchev–Trinajstić information content (AvgIpc) is 2.21. The first-order chi connectivity index (χ1) is 7.93. The molecule has 1 aliphatic heterocycles. The number of nitrogens with zero attached hydrogens (tertiary/aromatic N) is 1. The molecule has 0 spiro atoms. The van der Waals surface area contributed by atoms with Crippen LogP contribution in [0.4, 0.5) is 0 Å². The molecule has 1 N–H and O–H groups in total. The number of amides is 1. The van der Waals surface area contributed by atoms with Crippen LogP contribution in [-0.4, -0.2) is 24.0 Å². The lowest BCUT2D eigenvalue weighted by molar-refractivity contribution is -0.137. The van der Waals surface area contributed by atoms with Crippen molar-refractivity contribution in [3.05, 3.63) is 24.2 Å². The summed E-state index contributed by atoms with van der Waals surface area (Å²) in [5, 5.41) is 11.3. The summed E-state index contributed by atoms with van der Waals surface area (Å²) in [5.74, 6) is -0.637. The van der Waals surface area contributed by atoms with E-state index in [-0.39, 0.29) is 17.4 Å². The van der Waals surface area contributed by atoms with Gasteiger partial charge in [-0.1, -0.05) is 6.58 Å². The van der Waals surface area contributed by atoms with Crippen molar-refractivity contribution in [2.24, 2.45) is 0 Å². The molecule has 0 radical (unpaired) electrons. The predicted octanol–water partition coefficient (Wildman–Crippen LogP) is 0.374. The first kappa shape index (κ1) is 12.8. The molecule has 6 nitrogen and oxygen atoms in total. The molecule has 17 heavy (non-hydrogen) atoms. The maximum atomic E-state index is 11.3. The van der Waals surface area contributed by atoms with E-state index < -0.39 is 18.1 Å². The number of allylic oxidation sites excluding steroid dienone is 1. The van der Waals surface area contributed by atoms with Crippen LogP contribution in [0, 0.1) is 11.3 Å². The van der Waals surface area contributed by atoms with Crippen LogP contribution in [-0.2, 0) is 19.1 Å². The van der Waals surface area contributed by atoms with Crippen molar-refractivity contribution < 1.29 is 19.1 Å². The van der Waals surface area contributed by atoms with Gasteiger partial charge in [0.25, 0.3) is 5.91 Å². The van der Waals surface area contributed by atoms with Crippen LogP contribution < -0.4 is 5.32 Å². The van der Waals surface area contributed by atoms with Crippen LogP contribution in [0.3, 0.4) is 0 Å². The van der Waals surface area contributed by atoms with Gasteiger partial charge in [0.1, 0.15) is 11.5 Å². The second-order valence-electron chi connectivity index (χ2n) is 3.44. The van der Waals surface area contributed by atoms with Crippen LogP contribution in [0.15, 0.2) is 24.2 Å². The Bertz CT molecular complexity index is 433. The van der Waals surface area contributed by atoms with Gasteiger partial charge in [-0.2, -0.15) is 5.26 Å². The SMILES string of the molecule is C=C(/C=C1\OC(C)C(=O)NC1C#N)OC(C)=O. The Morgan fingerprint density at radius 3 is 2.88 bits per heavy atom. The molecule has 1 heterocycles. The third kappa shape index (κ3) is 3.34. The molecule has 90 valence electrons. The normalized spacial score (nSPS) is 25.5. The molecule has 1 saturated heterocycles. The molecule has 1 amide bonds. The Balaban J connectivity index is 2.83. The number of ether oxygens (including phenoxy) is 2. The Morgan fingerprint density at radius 2 is 2.35 bits per heavy atom. The van der Waals surface area contributed by atoms with Crippen LogP contribution >= 0.6 is 0 Å². The van der Waals surface area contributed by atoms with Gasteiger partial charge in [-0.15, -0.1) is 0 Å². The molecule has 1 rings (SSSR count). The number of hydrogen-bond donors (Lipinski definition) is 1. The van der Waals surface area contributed by atoms with Crippen molar-refractivity contribution in [3.8, 4) is 6.07 Å². The quantitative estimate of drug-likeness (QED) is 0.553. The van der Waals surface area contributed by atoms with Crippen molar-refractivity contribution in [2.75, 3.05) is 0 Å². The van der Waals surface area contributed by atoms with E-state index in [0.717, 1.165) is 0 Å². The van der Waals surface area contributed by atoms with Gasteiger partial charge in [-0.25, -0.2) is 0 Å². The van der Waals surface area contributed by atoms with Crippen molar-refractivity contribution in [1.82, 2.24) is 5.32 Å². The Hall–Kier alpha value is -2.29. The van der Waals surface area contributed by atoms with E-state index in [2.05, 4.69) is 11.9 Å². The highest BCUT2D eigenvalue weighted by Crippen LogP contribution is 2.16. The summed E-state index contributed by atoms with van der Waals surface area (Å²) in [5.41, 5.74) is 0. The molecule has 2 atom stereocenters. The topological polar surface area (TPSA) is 88.4 Å². The van der Waals surface area contributed by atoms with Gasteiger partial charge in [0.05, 0.1) is 6.07 Å². The van der Waals surface area contributed by atoms with E-state index >= 15 is 0 Å². The van der Waals surface area contributed by atoms with Gasteiger partial charge in [-0.3, -0.25) is 9.59 Å². The summed E-state index contributed by atoms with van der Waals surface area (Å²) < 4.78 is 9.92. The standard InChI is InChI=1S/C11H12N2O4/c1-6(16-8(3)14)4-10-9(5-12)13-11(15)7(2)17-10/h4,7,9H,1H2,2-3H3,(H,13,15)/b10-4-. The lowest BCUT2D eigenvalue weighted by Crippen LogP contribution is -2.47. The van der Waals surface area contributed by atoms with Crippen molar-refractivity contribution >= 4 is 11.9 Å². The molecule has 1 fully saturated rings. The minimum absolute atomic E-state index is 0.0519. The zero-order valence-corrected chi connectivity index (χ0v) is 9.52. The third-order valence-electron chi connectivity index (χ3n) is 1.96. The van der Waals surface area contributed by atoms with Gasteiger partial charge >= 0.3 is 5.97 Å². The first-order valence-corrected chi connectivity index (χ1v) is 4.89. The van der Waals surface area contributed by atoms with E-state index in [1.807, 2.05) is 6.07 Å². The van der Waals surface area contributed by atoms with Gasteiger partial charge in [-0.05, 0) is 6.92 Å². The Morgan fingerprint density at radius 1 is 1.71 bits per heavy atom. The van der Waals surface area contributed by atoms with Crippen LogP contribution in [0.25, 0.3) is 0 Å². The summed E-state index contributed by atoms with van der Waals surface area (Å²) in [6, 6.07) is 0.960. The largest absolute Gasteiger partial charge is 0.482 e. The van der Waals surface area contributed by atoms with E-state index in [1.165, 1.54) is 13.0 Å². The third-order valence-corrected chi connectivity index (χ3v) is 1.96. The molecule has 0 aliphatic carbocycles. The van der Waals surface area contributed by atoms with E-state index in [9.17, 15) is 9.59 Å². The minimum Gasteiger partial charge on any atom is -0.482 e. The van der Waals surface area contributed by atoms with E-state index in [4.69, 9.17) is 14.7 Å². The molecular weight excluding hydrogens is 224 g/mol. The maximum Gasteiger partial charge on any atom is 0.308 e. The summed E-state index contributed by atoms with van der Waals surface area (Å²) in [7, 11) is 0. The van der Waals surface area contributed by atoms with Crippen LogP contribution in [0.5, 0.6) is 0 Å². The van der Waals surface area contributed by atoms with Gasteiger partial charge in [0.15, 0.2) is 12.1 Å². The number of morpholine rings is 1. The number of carbonyl (C=O) groups is 2. The number of rotatable bonds is 2. The lowest BCUT2D eigenvalue weighted by atomic mass is 10.1. The van der Waals surface area contributed by atoms with Crippen LogP contribution in [0.1, 0.15) is 13.8 Å². The summed E-state index contributed by atoms with van der Waals surface area (Å²) >= 11 is 0. The number of nitrogens with one attached hydrogen (secondary N) is 1. The minimum atomic E-state index is -0.897. The second kappa shape index (κ2) is 5.16. The lowest BCUT2D eigenvalue weighted by Gasteiger charge is -2.26. The fourth-order valence-electron chi connectivity index (χ4n) is 1.24. The predicted molar refractivity (Wildman–Crippen MR) is 57.1 cm³/mol. The fraction of sp³-hybridized carbons (Fsp3) is 0.364. The summed E-state index contributed by atoms with van der Waals surface area (Å²) in [4.78, 5) is 21.9. The summed E-state index contributed by atoms with van der Waals surface area (Å²) in [6.07, 6.45) is 0.613. The highest BCUT2D eigenvalue weighted by molar-refractivity contribution is 5.82. The fourth-order valence-corrected chi connectivity index (χ4v) is 1.24. The van der Waals surface area contributed by atoms with E-state index in [1.54, 1.807) is 6.92 Å². The van der Waals surface area contributed by atoms with Crippen molar-refractivity contribution in [3.63, 3.8) is 0 Å². The molecular formula is C11H12N2O4. The molecule has 0 aromatic rings. The van der Waals surface area contributed by atoms with Gasteiger partial charge < -0.3 is 14.8 Å². The number of carbonyl (C=O) groups excluding carboxylic acids is 2. The Kier molecular flexibility index (Phi) is 3.88. The van der Waals surface area contributed by atoms with E-state index in [0.29, 0.717) is 0 Å². The molecule has 0 aromatic heterocycles. The van der Waals surface area contributed by atoms with Crippen molar-refractivity contribution in [1.29, 1.82) is 5.26 Å². The molecule has 0 saturated carbocycles. The van der Waals surface area contributed by atoms with Gasteiger partial charge in [0, 0.05) is 13.0 Å². The molecule has 6 heteroatoms. The van der Waals surface area contributed by atoms with Crippen LogP contribution in [0.2, 0.25) is 0 Å². The van der Waals surface area contributed by atoms with Gasteiger partial charge in [0.2, 0.25) is 0 Å². The number of nitriles is 1. The molecule has 0 bridgehead atoms. The average molecular weight is 236 g/mol. The monoisotopic (exact) mass is 236 g/mol. The number of hydrogen-bond acceptors (Lipinski definition) is 5. The maximum absolute atomic E-state index is 11.3. The highest BCUT2D eigenvalue weighted by atomic mass is 16.5. The summed E-state index contributed by atoms with van der Waals surface area (Å²) in [6.45, 7) is 6.26. The smallest absolute Gasteiger partial charge is 0.308 e. The first-order valence-electron chi connectivity index (χ1n) is 4.89. The molecule has 0 aromatic carbocycles. The molecule has 1 aliphatic rings.